The summed E-state index contributed by atoms with van der Waals surface area (Å²) < 4.78 is 1.80. The summed E-state index contributed by atoms with van der Waals surface area (Å²) >= 11 is 1.26. The molecular formula is C28H30N6OS. The van der Waals surface area contributed by atoms with Crippen molar-refractivity contribution < 1.29 is 5.11 Å². The van der Waals surface area contributed by atoms with Crippen molar-refractivity contribution in [2.24, 2.45) is 5.14 Å². The molecule has 4 heterocycles. The molecule has 0 aliphatic carbocycles. The highest BCUT2D eigenvalue weighted by Crippen LogP contribution is 2.35. The van der Waals surface area contributed by atoms with Gasteiger partial charge >= 0.3 is 0 Å². The first-order chi connectivity index (χ1) is 17.7. The second-order valence-electron chi connectivity index (χ2n) is 8.66. The van der Waals surface area contributed by atoms with E-state index in [9.17, 15) is 5.11 Å². The summed E-state index contributed by atoms with van der Waals surface area (Å²) in [5, 5.41) is 26.9. The Kier molecular flexibility index (Phi) is 7.02. The van der Waals surface area contributed by atoms with Gasteiger partial charge in [-0.2, -0.15) is 5.10 Å². The number of piperidine rings is 1. The molecule has 0 atom stereocenters. The lowest BCUT2D eigenvalue weighted by Gasteiger charge is -2.32. The number of rotatable bonds is 4. The molecule has 7 nitrogen and oxygen atoms in total. The number of hydrogen-bond acceptors (Lipinski definition) is 7. The van der Waals surface area contributed by atoms with Crippen molar-refractivity contribution in [3.05, 3.63) is 79.0 Å². The van der Waals surface area contributed by atoms with E-state index < -0.39 is 5.60 Å². The number of nitrogens with two attached hydrogens (primary N) is 1. The highest BCUT2D eigenvalue weighted by molar-refractivity contribution is 7.97. The molecule has 1 aliphatic heterocycles. The van der Waals surface area contributed by atoms with Crippen LogP contribution in [0.25, 0.3) is 38.7 Å². The van der Waals surface area contributed by atoms with Gasteiger partial charge in [-0.3, -0.25) is 10.1 Å². The fraction of sp³-hybridized carbons (Fsp3) is 0.250. The van der Waals surface area contributed by atoms with Gasteiger partial charge in [-0.15, -0.1) is 0 Å². The fourth-order valence-corrected chi connectivity index (χ4v) is 5.21. The third kappa shape index (κ3) is 4.37. The quantitative estimate of drug-likeness (QED) is 0.294. The minimum absolute atomic E-state index is 0.669. The molecule has 4 N–H and O–H groups in total. The lowest BCUT2D eigenvalue weighted by Crippen LogP contribution is -2.40. The molecule has 0 bridgehead atoms. The zero-order valence-corrected chi connectivity index (χ0v) is 21.3. The zero-order chi connectivity index (χ0) is 25.1. The lowest BCUT2D eigenvalue weighted by atomic mass is 9.88. The number of fused-ring (bicyclic) bond motifs is 2. The first-order valence-electron chi connectivity index (χ1n) is 12.3. The topological polar surface area (TPSA) is 101 Å². The van der Waals surface area contributed by atoms with Gasteiger partial charge in [-0.25, -0.2) is 9.50 Å². The molecule has 1 aliphatic rings. The smallest absolute Gasteiger partial charge is 0.162 e. The van der Waals surface area contributed by atoms with Gasteiger partial charge < -0.3 is 10.4 Å². The summed E-state index contributed by atoms with van der Waals surface area (Å²) in [6, 6.07) is 16.3. The van der Waals surface area contributed by atoms with Crippen molar-refractivity contribution in [1.29, 1.82) is 0 Å². The predicted molar refractivity (Wildman–Crippen MR) is 147 cm³/mol. The van der Waals surface area contributed by atoms with Gasteiger partial charge in [0.2, 0.25) is 0 Å². The molecule has 8 heteroatoms. The molecule has 0 amide bonds. The molecular weight excluding hydrogens is 468 g/mol. The summed E-state index contributed by atoms with van der Waals surface area (Å²) in [4.78, 5) is 10.4. The number of nitrogens with one attached hydrogen (secondary N) is 1. The normalized spacial score (nSPS) is 15.0. The van der Waals surface area contributed by atoms with E-state index in [-0.39, 0.29) is 0 Å². The van der Waals surface area contributed by atoms with E-state index in [0.29, 0.717) is 12.8 Å². The number of pyridine rings is 1. The van der Waals surface area contributed by atoms with Gasteiger partial charge in [-0.1, -0.05) is 50.2 Å². The molecule has 1 saturated heterocycles. The second-order valence-corrected chi connectivity index (χ2v) is 9.33. The average Bonchev–Trinajstić information content (AvgIpc) is 3.37. The molecule has 6 rings (SSSR count). The predicted octanol–water partition coefficient (Wildman–Crippen LogP) is 5.17. The van der Waals surface area contributed by atoms with Gasteiger partial charge in [0.15, 0.2) is 5.65 Å². The number of aliphatic hydroxyl groups is 1. The van der Waals surface area contributed by atoms with Crippen molar-refractivity contribution in [3.8, 4) is 22.3 Å². The van der Waals surface area contributed by atoms with Crippen LogP contribution in [0.5, 0.6) is 0 Å². The van der Waals surface area contributed by atoms with Gasteiger partial charge in [0.05, 0.1) is 11.9 Å². The first kappa shape index (κ1) is 24.4. The minimum atomic E-state index is -0.858. The Morgan fingerprint density at radius 3 is 2.36 bits per heavy atom. The highest BCUT2D eigenvalue weighted by Gasteiger charge is 2.32. The third-order valence-corrected chi connectivity index (χ3v) is 7.27. The Morgan fingerprint density at radius 1 is 0.889 bits per heavy atom. The standard InChI is InChI=1S/C26H24N6OS.C2H6/c27-34-23-7-6-20(19-3-1-2-4-21(19)23)22-15-31-32-16-18(14-30-25(22)32)17-5-8-24(29-13-17)26(33)9-11-28-12-10-26;1-2/h1-8,13-16,28,33H,9-12,27H2;1-2H3. The van der Waals surface area contributed by atoms with Gasteiger partial charge in [-0.05, 0) is 66.3 Å². The summed E-state index contributed by atoms with van der Waals surface area (Å²) in [6.45, 7) is 5.59. The molecule has 2 aromatic carbocycles. The maximum atomic E-state index is 10.9. The molecule has 0 radical (unpaired) electrons. The molecule has 0 unspecified atom stereocenters. The molecule has 1 fully saturated rings. The van der Waals surface area contributed by atoms with Crippen molar-refractivity contribution in [1.82, 2.24) is 24.9 Å². The summed E-state index contributed by atoms with van der Waals surface area (Å²) in [5.41, 5.74) is 4.54. The van der Waals surface area contributed by atoms with E-state index in [0.717, 1.165) is 62.4 Å². The Morgan fingerprint density at radius 2 is 1.64 bits per heavy atom. The van der Waals surface area contributed by atoms with Crippen LogP contribution in [0.15, 0.2) is 78.2 Å². The van der Waals surface area contributed by atoms with Crippen molar-refractivity contribution in [2.75, 3.05) is 13.1 Å². The number of hydrogen-bond donors (Lipinski definition) is 3. The highest BCUT2D eigenvalue weighted by atomic mass is 32.2. The van der Waals surface area contributed by atoms with Crippen LogP contribution < -0.4 is 10.5 Å². The average molecular weight is 499 g/mol. The molecule has 184 valence electrons. The maximum Gasteiger partial charge on any atom is 0.162 e. The largest absolute Gasteiger partial charge is 0.383 e. The summed E-state index contributed by atoms with van der Waals surface area (Å²) in [7, 11) is 0. The van der Waals surface area contributed by atoms with Crippen LogP contribution in [0.4, 0.5) is 0 Å². The Balaban J connectivity index is 0.00000130. The SMILES string of the molecule is CC.NSc1ccc(-c2cnn3cc(-c4ccc(C5(O)CCNCC5)nc4)cnc23)c2ccccc12. The summed E-state index contributed by atoms with van der Waals surface area (Å²) in [5.74, 6) is 0. The number of aromatic nitrogens is 4. The third-order valence-electron chi connectivity index (χ3n) is 6.66. The van der Waals surface area contributed by atoms with Crippen molar-refractivity contribution in [3.63, 3.8) is 0 Å². The van der Waals surface area contributed by atoms with Gasteiger partial charge in [0.25, 0.3) is 0 Å². The number of benzene rings is 2. The Bertz CT molecular complexity index is 1490. The monoisotopic (exact) mass is 498 g/mol. The number of nitrogens with zero attached hydrogens (tertiary/aromatic N) is 4. The van der Waals surface area contributed by atoms with E-state index in [4.69, 9.17) is 10.1 Å². The molecule has 36 heavy (non-hydrogen) atoms. The molecule has 3 aromatic heterocycles. The summed E-state index contributed by atoms with van der Waals surface area (Å²) in [6.07, 6.45) is 8.82. The van der Waals surface area contributed by atoms with E-state index in [1.54, 1.807) is 10.7 Å². The van der Waals surface area contributed by atoms with Crippen LogP contribution in [0.1, 0.15) is 32.4 Å². The second kappa shape index (κ2) is 10.4. The first-order valence-corrected chi connectivity index (χ1v) is 13.2. The molecule has 5 aromatic rings. The van der Waals surface area contributed by atoms with Crippen LogP contribution >= 0.6 is 11.9 Å². The van der Waals surface area contributed by atoms with Gasteiger partial charge in [0.1, 0.15) is 5.60 Å². The van der Waals surface area contributed by atoms with Crippen LogP contribution in [0.2, 0.25) is 0 Å². The zero-order valence-electron chi connectivity index (χ0n) is 20.5. The van der Waals surface area contributed by atoms with Gasteiger partial charge in [0, 0.05) is 40.2 Å². The Labute approximate surface area is 214 Å². The van der Waals surface area contributed by atoms with Crippen LogP contribution in [0, 0.1) is 0 Å². The Hall–Kier alpha value is -3.30. The minimum Gasteiger partial charge on any atom is -0.383 e. The van der Waals surface area contributed by atoms with Crippen LogP contribution in [-0.4, -0.2) is 37.8 Å². The molecule has 0 saturated carbocycles. The van der Waals surface area contributed by atoms with Crippen molar-refractivity contribution >= 4 is 28.4 Å². The van der Waals surface area contributed by atoms with E-state index in [2.05, 4.69) is 33.6 Å². The van der Waals surface area contributed by atoms with E-state index >= 15 is 0 Å². The van der Waals surface area contributed by atoms with Crippen LogP contribution in [0.3, 0.4) is 0 Å². The fourth-order valence-electron chi connectivity index (χ4n) is 4.76. The van der Waals surface area contributed by atoms with Crippen LogP contribution in [-0.2, 0) is 5.60 Å². The van der Waals surface area contributed by atoms with E-state index in [1.807, 2.05) is 62.8 Å². The molecule has 0 spiro atoms. The van der Waals surface area contributed by atoms with E-state index in [1.165, 1.54) is 11.9 Å². The van der Waals surface area contributed by atoms with Crippen molar-refractivity contribution in [2.45, 2.75) is 37.2 Å². The lowest BCUT2D eigenvalue weighted by molar-refractivity contribution is 0.00190. The maximum absolute atomic E-state index is 10.9.